The third kappa shape index (κ3) is 4.40. The topological polar surface area (TPSA) is 53.4 Å². The van der Waals surface area contributed by atoms with Crippen LogP contribution < -0.4 is 0 Å². The number of hydrogen-bond acceptors (Lipinski definition) is 3. The molecule has 5 heteroatoms. The Labute approximate surface area is 182 Å². The van der Waals surface area contributed by atoms with Gasteiger partial charge < -0.3 is 5.11 Å². The van der Waals surface area contributed by atoms with E-state index in [1.165, 1.54) is 11.1 Å². The van der Waals surface area contributed by atoms with Gasteiger partial charge in [-0.1, -0.05) is 53.6 Å². The van der Waals surface area contributed by atoms with Crippen LogP contribution in [-0.4, -0.2) is 27.5 Å². The second kappa shape index (κ2) is 8.58. The highest BCUT2D eigenvalue weighted by Gasteiger charge is 2.25. The van der Waals surface area contributed by atoms with Gasteiger partial charge in [0.15, 0.2) is 0 Å². The number of pyridine rings is 1. The number of aliphatic carboxylic acids is 1. The van der Waals surface area contributed by atoms with Gasteiger partial charge >= 0.3 is 5.97 Å². The molecule has 0 spiro atoms. The molecule has 0 unspecified atom stereocenters. The van der Waals surface area contributed by atoms with Crippen LogP contribution in [0.4, 0.5) is 0 Å². The van der Waals surface area contributed by atoms with Gasteiger partial charge in [-0.2, -0.15) is 0 Å². The van der Waals surface area contributed by atoms with Gasteiger partial charge in [0.1, 0.15) is 0 Å². The molecule has 2 aromatic carbocycles. The maximum atomic E-state index is 11.6. The summed E-state index contributed by atoms with van der Waals surface area (Å²) in [6, 6.07) is 16.3. The van der Waals surface area contributed by atoms with Gasteiger partial charge in [-0.3, -0.25) is 14.7 Å². The molecule has 2 heterocycles. The Kier molecular flexibility index (Phi) is 5.89. The molecule has 0 amide bonds. The van der Waals surface area contributed by atoms with Crippen LogP contribution in [0.1, 0.15) is 33.6 Å². The molecule has 3 aromatic rings. The van der Waals surface area contributed by atoms with Gasteiger partial charge in [0.2, 0.25) is 0 Å². The molecule has 1 aromatic heterocycles. The molecule has 1 aliphatic rings. The van der Waals surface area contributed by atoms with Crippen molar-refractivity contribution >= 4 is 17.6 Å². The van der Waals surface area contributed by atoms with Crippen molar-refractivity contribution in [1.82, 2.24) is 9.88 Å². The smallest absolute Gasteiger partial charge is 0.307 e. The molecule has 0 aliphatic carbocycles. The first kappa shape index (κ1) is 20.6. The average molecular weight is 421 g/mol. The van der Waals surface area contributed by atoms with Gasteiger partial charge in [0.05, 0.1) is 6.42 Å². The van der Waals surface area contributed by atoms with Crippen LogP contribution in [0.2, 0.25) is 5.02 Å². The van der Waals surface area contributed by atoms with E-state index in [1.807, 2.05) is 19.1 Å². The van der Waals surface area contributed by atoms with E-state index in [0.29, 0.717) is 0 Å². The van der Waals surface area contributed by atoms with Gasteiger partial charge in [0.25, 0.3) is 0 Å². The highest BCUT2D eigenvalue weighted by molar-refractivity contribution is 6.30. The number of aryl methyl sites for hydroxylation is 2. The molecule has 0 bridgehead atoms. The van der Waals surface area contributed by atoms with Crippen molar-refractivity contribution in [3.05, 3.63) is 87.2 Å². The van der Waals surface area contributed by atoms with Gasteiger partial charge in [-0.25, -0.2) is 0 Å². The lowest BCUT2D eigenvalue weighted by Gasteiger charge is -2.31. The van der Waals surface area contributed by atoms with Crippen molar-refractivity contribution in [3.63, 3.8) is 0 Å². The summed E-state index contributed by atoms with van der Waals surface area (Å²) in [6.07, 6.45) is 0.836. The largest absolute Gasteiger partial charge is 0.481 e. The van der Waals surface area contributed by atoms with Crippen molar-refractivity contribution in [2.45, 2.75) is 39.8 Å². The zero-order chi connectivity index (χ0) is 21.3. The third-order valence-corrected chi connectivity index (χ3v) is 5.98. The fraction of sp³-hybridized carbons (Fsp3) is 0.280. The Bertz CT molecular complexity index is 1080. The summed E-state index contributed by atoms with van der Waals surface area (Å²) in [4.78, 5) is 18.8. The van der Waals surface area contributed by atoms with E-state index < -0.39 is 5.97 Å². The zero-order valence-corrected chi connectivity index (χ0v) is 18.0. The second-order valence-electron chi connectivity index (χ2n) is 8.00. The van der Waals surface area contributed by atoms with Crippen molar-refractivity contribution in [2.24, 2.45) is 0 Å². The maximum absolute atomic E-state index is 11.6. The number of carbonyl (C=O) groups is 1. The number of fused-ring (bicyclic) bond motifs is 1. The number of carboxylic acids is 1. The highest BCUT2D eigenvalue weighted by atomic mass is 35.5. The Morgan fingerprint density at radius 2 is 1.80 bits per heavy atom. The van der Waals surface area contributed by atoms with E-state index in [1.54, 1.807) is 0 Å². The summed E-state index contributed by atoms with van der Waals surface area (Å²) in [6.45, 7) is 6.49. The van der Waals surface area contributed by atoms with E-state index >= 15 is 0 Å². The molecule has 1 aliphatic heterocycles. The molecule has 0 atom stereocenters. The molecule has 0 fully saturated rings. The predicted molar refractivity (Wildman–Crippen MR) is 120 cm³/mol. The standard InChI is InChI=1S/C25H25ClN2O2/c1-16-3-7-19(8-4-16)25-21(13-24(29)30)17(2)27-23-11-12-28(15-22(23)25)14-18-5-9-20(26)10-6-18/h3-10H,11-15H2,1-2H3,(H,29,30). The summed E-state index contributed by atoms with van der Waals surface area (Å²) >= 11 is 6.02. The van der Waals surface area contributed by atoms with Crippen LogP contribution in [0.15, 0.2) is 48.5 Å². The highest BCUT2D eigenvalue weighted by Crippen LogP contribution is 2.35. The van der Waals surface area contributed by atoms with Crippen LogP contribution in [0.3, 0.4) is 0 Å². The molecule has 30 heavy (non-hydrogen) atoms. The Balaban J connectivity index is 1.76. The van der Waals surface area contributed by atoms with Crippen molar-refractivity contribution in [1.29, 1.82) is 0 Å². The molecule has 0 radical (unpaired) electrons. The van der Waals surface area contributed by atoms with Crippen LogP contribution >= 0.6 is 11.6 Å². The molecule has 154 valence electrons. The van der Waals surface area contributed by atoms with Gasteiger partial charge in [0, 0.05) is 42.5 Å². The molecule has 4 rings (SSSR count). The summed E-state index contributed by atoms with van der Waals surface area (Å²) in [7, 11) is 0. The lowest BCUT2D eigenvalue weighted by molar-refractivity contribution is -0.136. The molecule has 0 saturated carbocycles. The van der Waals surface area contributed by atoms with Crippen LogP contribution in [-0.2, 0) is 30.7 Å². The second-order valence-corrected chi connectivity index (χ2v) is 8.44. The monoisotopic (exact) mass is 420 g/mol. The first-order chi connectivity index (χ1) is 14.4. The van der Waals surface area contributed by atoms with Crippen molar-refractivity contribution in [2.75, 3.05) is 6.54 Å². The quantitative estimate of drug-likeness (QED) is 0.616. The average Bonchev–Trinajstić information content (AvgIpc) is 2.71. The number of rotatable bonds is 5. The number of nitrogens with zero attached hydrogens (tertiary/aromatic N) is 2. The summed E-state index contributed by atoms with van der Waals surface area (Å²) in [5, 5.41) is 10.3. The van der Waals surface area contributed by atoms with Gasteiger partial charge in [-0.15, -0.1) is 0 Å². The molecular weight excluding hydrogens is 396 g/mol. The third-order valence-electron chi connectivity index (χ3n) is 5.73. The first-order valence-electron chi connectivity index (χ1n) is 10.2. The molecule has 1 N–H and O–H groups in total. The Morgan fingerprint density at radius 1 is 1.10 bits per heavy atom. The number of benzene rings is 2. The number of aromatic nitrogens is 1. The first-order valence-corrected chi connectivity index (χ1v) is 10.6. The lowest BCUT2D eigenvalue weighted by Crippen LogP contribution is -2.32. The van der Waals surface area contributed by atoms with Crippen molar-refractivity contribution < 1.29 is 9.90 Å². The maximum Gasteiger partial charge on any atom is 0.307 e. The van der Waals surface area contributed by atoms with Crippen molar-refractivity contribution in [3.8, 4) is 11.1 Å². The van der Waals surface area contributed by atoms with Crippen LogP contribution in [0, 0.1) is 13.8 Å². The number of halogens is 1. The summed E-state index contributed by atoms with van der Waals surface area (Å²) in [5.41, 5.74) is 8.38. The minimum atomic E-state index is -0.831. The van der Waals surface area contributed by atoms with E-state index in [-0.39, 0.29) is 6.42 Å². The fourth-order valence-electron chi connectivity index (χ4n) is 4.21. The molecular formula is C25H25ClN2O2. The lowest BCUT2D eigenvalue weighted by atomic mass is 9.88. The summed E-state index contributed by atoms with van der Waals surface area (Å²) in [5.74, 6) is -0.831. The van der Waals surface area contributed by atoms with E-state index in [9.17, 15) is 9.90 Å². The minimum Gasteiger partial charge on any atom is -0.481 e. The SMILES string of the molecule is Cc1ccc(-c2c(CC(=O)O)c(C)nc3c2CN(Cc2ccc(Cl)cc2)CC3)cc1. The van der Waals surface area contributed by atoms with Gasteiger partial charge in [-0.05, 0) is 53.8 Å². The minimum absolute atomic E-state index is 0.0213. The number of hydrogen-bond donors (Lipinski definition) is 1. The Hall–Kier alpha value is -2.69. The van der Waals surface area contributed by atoms with E-state index in [2.05, 4.69) is 48.2 Å². The molecule has 4 nitrogen and oxygen atoms in total. The fourth-order valence-corrected chi connectivity index (χ4v) is 4.33. The summed E-state index contributed by atoms with van der Waals surface area (Å²) < 4.78 is 0. The van der Waals surface area contributed by atoms with E-state index in [4.69, 9.17) is 16.6 Å². The van der Waals surface area contributed by atoms with Crippen LogP contribution in [0.25, 0.3) is 11.1 Å². The zero-order valence-electron chi connectivity index (χ0n) is 17.3. The normalized spacial score (nSPS) is 13.8. The van der Waals surface area contributed by atoms with E-state index in [0.717, 1.165) is 64.7 Å². The number of carboxylic acid groups (broad SMARTS) is 1. The Morgan fingerprint density at radius 3 is 2.47 bits per heavy atom. The van der Waals surface area contributed by atoms with Crippen LogP contribution in [0.5, 0.6) is 0 Å². The molecule has 0 saturated heterocycles. The predicted octanol–water partition coefficient (Wildman–Crippen LogP) is 5.20.